The van der Waals surface area contributed by atoms with Gasteiger partial charge in [-0.1, -0.05) is 13.5 Å². The number of cyclic esters (lactones) is 1. The second-order valence-corrected chi connectivity index (χ2v) is 10.8. The topological polar surface area (TPSA) is 85.9 Å². The van der Waals surface area contributed by atoms with Crippen molar-refractivity contribution in [3.05, 3.63) is 33.8 Å². The zero-order chi connectivity index (χ0) is 24.3. The van der Waals surface area contributed by atoms with Crippen LogP contribution < -0.4 is 0 Å². The number of carbonyl (C=O) groups is 3. The molecule has 3 heterocycles. The van der Waals surface area contributed by atoms with E-state index in [4.69, 9.17) is 9.47 Å². The van der Waals surface area contributed by atoms with Crippen LogP contribution in [0.2, 0.25) is 0 Å². The quantitative estimate of drug-likeness (QED) is 0.253. The van der Waals surface area contributed by atoms with Crippen LogP contribution in [0.25, 0.3) is 6.08 Å². The number of nitrogens with zero attached hydrogens (tertiary/aromatic N) is 1. The molecule has 0 aliphatic carbocycles. The normalized spacial score (nSPS) is 32.9. The average Bonchev–Trinajstić information content (AvgIpc) is 3.21. The molecule has 180 valence electrons. The minimum Gasteiger partial charge on any atom is -0.458 e. The average molecular weight is 474 g/mol. The van der Waals surface area contributed by atoms with E-state index in [0.29, 0.717) is 12.0 Å². The molecule has 33 heavy (non-hydrogen) atoms. The lowest BCUT2D eigenvalue weighted by molar-refractivity contribution is -0.147. The maximum Gasteiger partial charge on any atom is 0.306 e. The van der Waals surface area contributed by atoms with E-state index in [2.05, 4.69) is 18.5 Å². The third kappa shape index (κ3) is 6.48. The number of thiazole rings is 1. The first-order chi connectivity index (χ1) is 15.5. The third-order valence-corrected chi connectivity index (χ3v) is 7.64. The van der Waals surface area contributed by atoms with Crippen molar-refractivity contribution in [1.82, 2.24) is 4.98 Å². The summed E-state index contributed by atoms with van der Waals surface area (Å²) in [6, 6.07) is 0. The highest BCUT2D eigenvalue weighted by molar-refractivity contribution is 7.09. The zero-order valence-electron chi connectivity index (χ0n) is 20.3. The Morgan fingerprint density at radius 1 is 1.27 bits per heavy atom. The molecular weight excluding hydrogens is 438 g/mol. The molecule has 1 aromatic rings. The van der Waals surface area contributed by atoms with Crippen LogP contribution in [0.4, 0.5) is 0 Å². The number of epoxide rings is 1. The Kier molecular flexibility index (Phi) is 8.06. The van der Waals surface area contributed by atoms with Crippen molar-refractivity contribution in [2.45, 2.75) is 91.0 Å². The van der Waals surface area contributed by atoms with Gasteiger partial charge in [0.25, 0.3) is 0 Å². The Bertz CT molecular complexity index is 964. The molecule has 6 nitrogen and oxygen atoms in total. The fraction of sp³-hybridized carbons (Fsp3) is 0.615. The summed E-state index contributed by atoms with van der Waals surface area (Å²) in [5.41, 5.74) is 1.78. The number of hydrogen-bond donors (Lipinski definition) is 0. The van der Waals surface area contributed by atoms with Crippen molar-refractivity contribution < 1.29 is 23.9 Å². The van der Waals surface area contributed by atoms with E-state index in [-0.39, 0.29) is 42.0 Å². The SMILES string of the molecule is C=C1CCC(=O)O[C@H](/C(C)=C/c2csc(C)n2)C[C@@H]2O[C@]2(C)CCC[C@H](C)C(=O)[C@@H](C)C1=O. The molecule has 0 aromatic carbocycles. The highest BCUT2D eigenvalue weighted by atomic mass is 32.1. The van der Waals surface area contributed by atoms with Gasteiger partial charge in [0.05, 0.1) is 28.3 Å². The summed E-state index contributed by atoms with van der Waals surface area (Å²) in [5, 5.41) is 2.96. The van der Waals surface area contributed by atoms with Crippen LogP contribution in [-0.4, -0.2) is 40.3 Å². The highest BCUT2D eigenvalue weighted by Gasteiger charge is 2.52. The van der Waals surface area contributed by atoms with Crippen LogP contribution in [0.5, 0.6) is 0 Å². The van der Waals surface area contributed by atoms with Crippen molar-refractivity contribution in [2.24, 2.45) is 11.8 Å². The molecule has 5 atom stereocenters. The van der Waals surface area contributed by atoms with Gasteiger partial charge in [0.1, 0.15) is 11.9 Å². The van der Waals surface area contributed by atoms with E-state index >= 15 is 0 Å². The number of Topliss-reactive ketones (excluding diaryl/α,β-unsaturated/α-hetero) is 2. The van der Waals surface area contributed by atoms with Crippen LogP contribution in [0, 0.1) is 18.8 Å². The first-order valence-corrected chi connectivity index (χ1v) is 12.6. The van der Waals surface area contributed by atoms with E-state index in [9.17, 15) is 14.4 Å². The summed E-state index contributed by atoms with van der Waals surface area (Å²) >= 11 is 1.58. The lowest BCUT2D eigenvalue weighted by atomic mass is 9.85. The predicted molar refractivity (Wildman–Crippen MR) is 129 cm³/mol. The Labute approximate surface area is 200 Å². The molecule has 0 unspecified atom stereocenters. The van der Waals surface area contributed by atoms with Crippen LogP contribution in [0.15, 0.2) is 23.1 Å². The van der Waals surface area contributed by atoms with Crippen molar-refractivity contribution in [3.8, 4) is 0 Å². The summed E-state index contributed by atoms with van der Waals surface area (Å²) in [6.45, 7) is 13.3. The smallest absolute Gasteiger partial charge is 0.306 e. The predicted octanol–water partition coefficient (Wildman–Crippen LogP) is 5.24. The number of ketones is 2. The molecule has 0 bridgehead atoms. The molecule has 7 heteroatoms. The summed E-state index contributed by atoms with van der Waals surface area (Å²) < 4.78 is 11.9. The van der Waals surface area contributed by atoms with Crippen LogP contribution in [-0.2, 0) is 23.9 Å². The largest absolute Gasteiger partial charge is 0.458 e. The maximum absolute atomic E-state index is 12.7. The number of allylic oxidation sites excluding steroid dienone is 1. The van der Waals surface area contributed by atoms with Crippen LogP contribution in [0.1, 0.15) is 76.9 Å². The van der Waals surface area contributed by atoms with Gasteiger partial charge in [-0.25, -0.2) is 4.98 Å². The monoisotopic (exact) mass is 473 g/mol. The summed E-state index contributed by atoms with van der Waals surface area (Å²) in [5.74, 6) is -1.67. The Morgan fingerprint density at radius 2 is 2.00 bits per heavy atom. The van der Waals surface area contributed by atoms with Gasteiger partial charge in [-0.3, -0.25) is 14.4 Å². The van der Waals surface area contributed by atoms with E-state index in [1.165, 1.54) is 0 Å². The van der Waals surface area contributed by atoms with Gasteiger partial charge < -0.3 is 9.47 Å². The first kappa shape index (κ1) is 25.5. The standard InChI is InChI=1S/C26H35NO5S/c1-15-8-7-11-26(6)22(32-26)13-21(17(3)12-20-14-33-19(5)27-20)31-23(28)10-9-16(2)25(30)18(4)24(15)29/h12,14-15,18,21-22H,2,7-11,13H2,1,3-6H3/b17-12+/t15-,18+,21-,22-,26+/m0/s1. The van der Waals surface area contributed by atoms with Gasteiger partial charge >= 0.3 is 5.97 Å². The third-order valence-electron chi connectivity index (χ3n) is 6.85. The molecular formula is C26H35NO5S. The van der Waals surface area contributed by atoms with Crippen LogP contribution >= 0.6 is 11.3 Å². The highest BCUT2D eigenvalue weighted by Crippen LogP contribution is 2.44. The number of ether oxygens (including phenoxy) is 2. The molecule has 2 aliphatic heterocycles. The van der Waals surface area contributed by atoms with Gasteiger partial charge in [0.2, 0.25) is 0 Å². The molecule has 0 N–H and O–H groups in total. The summed E-state index contributed by atoms with van der Waals surface area (Å²) in [7, 11) is 0. The number of aryl methyl sites for hydroxylation is 1. The zero-order valence-corrected chi connectivity index (χ0v) is 21.1. The van der Waals surface area contributed by atoms with Gasteiger partial charge in [-0.2, -0.15) is 0 Å². The molecule has 2 aliphatic rings. The summed E-state index contributed by atoms with van der Waals surface area (Å²) in [4.78, 5) is 42.5. The van der Waals surface area contributed by atoms with Crippen molar-refractivity contribution >= 4 is 34.9 Å². The molecule has 2 saturated heterocycles. The number of aromatic nitrogens is 1. The fourth-order valence-electron chi connectivity index (χ4n) is 4.46. The Hall–Kier alpha value is -2.12. The van der Waals surface area contributed by atoms with Crippen molar-refractivity contribution in [3.63, 3.8) is 0 Å². The van der Waals surface area contributed by atoms with Crippen molar-refractivity contribution in [1.29, 1.82) is 0 Å². The number of carbonyl (C=O) groups excluding carboxylic acids is 3. The van der Waals surface area contributed by atoms with Gasteiger partial charge in [-0.05, 0) is 70.6 Å². The van der Waals surface area contributed by atoms with Crippen LogP contribution in [0.3, 0.4) is 0 Å². The molecule has 2 fully saturated rings. The lowest BCUT2D eigenvalue weighted by Gasteiger charge is -2.20. The van der Waals surface area contributed by atoms with Gasteiger partial charge in [-0.15, -0.1) is 11.3 Å². The Morgan fingerprint density at radius 3 is 2.67 bits per heavy atom. The second-order valence-electron chi connectivity index (χ2n) is 9.70. The lowest BCUT2D eigenvalue weighted by Crippen LogP contribution is -2.28. The molecule has 3 rings (SSSR count). The van der Waals surface area contributed by atoms with Gasteiger partial charge in [0.15, 0.2) is 5.78 Å². The molecule has 0 radical (unpaired) electrons. The first-order valence-electron chi connectivity index (χ1n) is 11.7. The van der Waals surface area contributed by atoms with E-state index < -0.39 is 18.0 Å². The molecule has 0 spiro atoms. The number of hydrogen-bond acceptors (Lipinski definition) is 7. The van der Waals surface area contributed by atoms with Crippen molar-refractivity contribution in [2.75, 3.05) is 0 Å². The minimum atomic E-state index is -0.739. The molecule has 1 aromatic heterocycles. The fourth-order valence-corrected chi connectivity index (χ4v) is 5.03. The number of rotatable bonds is 2. The molecule has 0 saturated carbocycles. The number of esters is 1. The summed E-state index contributed by atoms with van der Waals surface area (Å²) in [6.07, 6.45) is 4.68. The molecule has 0 amide bonds. The second kappa shape index (κ2) is 10.4. The van der Waals surface area contributed by atoms with Gasteiger partial charge in [0, 0.05) is 24.1 Å². The van der Waals surface area contributed by atoms with E-state index in [1.807, 2.05) is 32.2 Å². The number of fused-ring (bicyclic) bond motifs is 1. The van der Waals surface area contributed by atoms with E-state index in [0.717, 1.165) is 35.5 Å². The Balaban J connectivity index is 1.79. The maximum atomic E-state index is 12.7. The van der Waals surface area contributed by atoms with E-state index in [1.54, 1.807) is 18.3 Å². The minimum absolute atomic E-state index is 0.00907.